The number of urea groups is 1. The molecule has 0 heterocycles. The summed E-state index contributed by atoms with van der Waals surface area (Å²) in [6.45, 7) is 0.406. The first-order valence-corrected chi connectivity index (χ1v) is 3.88. The molecule has 4 nitrogen and oxygen atoms in total. The molecule has 1 aromatic rings. The zero-order valence-electron chi connectivity index (χ0n) is 7.40. The lowest BCUT2D eigenvalue weighted by atomic mass is 10.2. The molecule has 0 aromatic heterocycles. The van der Waals surface area contributed by atoms with Crippen molar-refractivity contribution >= 4 is 6.03 Å². The third kappa shape index (κ3) is 2.66. The number of amides is 2. The number of primary amides is 1. The molecule has 0 fully saturated rings. The van der Waals surface area contributed by atoms with Crippen molar-refractivity contribution in [3.05, 3.63) is 29.8 Å². The maximum atomic E-state index is 10.7. The lowest BCUT2D eigenvalue weighted by Crippen LogP contribution is -2.31. The third-order valence-corrected chi connectivity index (χ3v) is 1.71. The van der Waals surface area contributed by atoms with Crippen LogP contribution in [0.4, 0.5) is 4.79 Å². The van der Waals surface area contributed by atoms with E-state index in [1.54, 1.807) is 25.2 Å². The maximum Gasteiger partial charge on any atom is 0.314 e. The van der Waals surface area contributed by atoms with Gasteiger partial charge in [0, 0.05) is 13.6 Å². The van der Waals surface area contributed by atoms with Crippen LogP contribution in [-0.4, -0.2) is 23.1 Å². The summed E-state index contributed by atoms with van der Waals surface area (Å²) in [5.41, 5.74) is 5.89. The van der Waals surface area contributed by atoms with Crippen LogP contribution in [0.25, 0.3) is 0 Å². The molecule has 0 saturated heterocycles. The molecule has 0 spiro atoms. The van der Waals surface area contributed by atoms with Crippen LogP contribution in [0.3, 0.4) is 0 Å². The van der Waals surface area contributed by atoms with E-state index >= 15 is 0 Å². The van der Waals surface area contributed by atoms with E-state index in [2.05, 4.69) is 0 Å². The lowest BCUT2D eigenvalue weighted by molar-refractivity contribution is 0.216. The zero-order valence-corrected chi connectivity index (χ0v) is 7.40. The van der Waals surface area contributed by atoms with Crippen molar-refractivity contribution in [1.82, 2.24) is 4.90 Å². The van der Waals surface area contributed by atoms with Gasteiger partial charge >= 0.3 is 6.03 Å². The fourth-order valence-electron chi connectivity index (χ4n) is 1.01. The number of nitrogens with zero attached hydrogens (tertiary/aromatic N) is 1. The summed E-state index contributed by atoms with van der Waals surface area (Å²) in [4.78, 5) is 12.0. The average molecular weight is 180 g/mol. The van der Waals surface area contributed by atoms with Gasteiger partial charge in [0.25, 0.3) is 0 Å². The first kappa shape index (κ1) is 9.38. The average Bonchev–Trinajstić information content (AvgIpc) is 2.04. The van der Waals surface area contributed by atoms with Gasteiger partial charge in [0.05, 0.1) is 0 Å². The lowest BCUT2D eigenvalue weighted by Gasteiger charge is -2.13. The SMILES string of the molecule is CN(Cc1cccc(O)c1)C(N)=O. The van der Waals surface area contributed by atoms with E-state index in [-0.39, 0.29) is 5.75 Å². The largest absolute Gasteiger partial charge is 0.508 e. The van der Waals surface area contributed by atoms with Crippen LogP contribution in [-0.2, 0) is 6.54 Å². The number of nitrogens with two attached hydrogens (primary N) is 1. The summed E-state index contributed by atoms with van der Waals surface area (Å²) in [5, 5.41) is 9.13. The highest BCUT2D eigenvalue weighted by molar-refractivity contribution is 5.71. The minimum absolute atomic E-state index is 0.190. The van der Waals surface area contributed by atoms with Gasteiger partial charge in [-0.05, 0) is 17.7 Å². The van der Waals surface area contributed by atoms with Crippen molar-refractivity contribution in [1.29, 1.82) is 0 Å². The number of carbonyl (C=O) groups is 1. The van der Waals surface area contributed by atoms with E-state index < -0.39 is 6.03 Å². The Morgan fingerprint density at radius 1 is 1.62 bits per heavy atom. The number of hydrogen-bond donors (Lipinski definition) is 2. The summed E-state index contributed by atoms with van der Waals surface area (Å²) in [7, 11) is 1.60. The second-order valence-electron chi connectivity index (χ2n) is 2.86. The van der Waals surface area contributed by atoms with Crippen LogP contribution >= 0.6 is 0 Å². The van der Waals surface area contributed by atoms with Gasteiger partial charge in [-0.1, -0.05) is 12.1 Å². The van der Waals surface area contributed by atoms with Crippen LogP contribution in [0.1, 0.15) is 5.56 Å². The Morgan fingerprint density at radius 2 is 2.31 bits per heavy atom. The molecule has 0 atom stereocenters. The third-order valence-electron chi connectivity index (χ3n) is 1.71. The molecule has 0 bridgehead atoms. The Bertz CT molecular complexity index is 312. The quantitative estimate of drug-likeness (QED) is 0.710. The van der Waals surface area contributed by atoms with Crippen molar-refractivity contribution < 1.29 is 9.90 Å². The molecular formula is C9H12N2O2. The van der Waals surface area contributed by atoms with Gasteiger partial charge in [0.15, 0.2) is 0 Å². The van der Waals surface area contributed by atoms with Gasteiger partial charge in [-0.3, -0.25) is 0 Å². The van der Waals surface area contributed by atoms with Crippen LogP contribution in [0.15, 0.2) is 24.3 Å². The number of hydrogen-bond acceptors (Lipinski definition) is 2. The molecule has 13 heavy (non-hydrogen) atoms. The Labute approximate surface area is 76.6 Å². The highest BCUT2D eigenvalue weighted by Gasteiger charge is 2.03. The second kappa shape index (κ2) is 3.80. The van der Waals surface area contributed by atoms with Crippen LogP contribution in [0.2, 0.25) is 0 Å². The Hall–Kier alpha value is -1.71. The van der Waals surface area contributed by atoms with Gasteiger partial charge in [0.2, 0.25) is 0 Å². The monoisotopic (exact) mass is 180 g/mol. The number of aromatic hydroxyl groups is 1. The van der Waals surface area contributed by atoms with Gasteiger partial charge in [-0.15, -0.1) is 0 Å². The first-order valence-electron chi connectivity index (χ1n) is 3.88. The van der Waals surface area contributed by atoms with Crippen molar-refractivity contribution in [3.63, 3.8) is 0 Å². The first-order chi connectivity index (χ1) is 6.09. The molecule has 2 amide bonds. The van der Waals surface area contributed by atoms with E-state index in [0.717, 1.165) is 5.56 Å². The molecular weight excluding hydrogens is 168 g/mol. The van der Waals surface area contributed by atoms with Crippen LogP contribution in [0.5, 0.6) is 5.75 Å². The predicted octanol–water partition coefficient (Wildman–Crippen LogP) is 0.903. The summed E-state index contributed by atoms with van der Waals surface area (Å²) in [6, 6.07) is 6.23. The van der Waals surface area contributed by atoms with E-state index in [1.807, 2.05) is 6.07 Å². The molecule has 1 aromatic carbocycles. The minimum atomic E-state index is -0.483. The fourth-order valence-corrected chi connectivity index (χ4v) is 1.01. The van der Waals surface area contributed by atoms with Crippen LogP contribution in [0, 0.1) is 0 Å². The highest BCUT2D eigenvalue weighted by Crippen LogP contribution is 2.11. The number of phenols is 1. The van der Waals surface area contributed by atoms with Gasteiger partial charge in [-0.2, -0.15) is 0 Å². The number of carbonyl (C=O) groups excluding carboxylic acids is 1. The molecule has 0 aliphatic carbocycles. The summed E-state index contributed by atoms with van der Waals surface area (Å²) >= 11 is 0. The predicted molar refractivity (Wildman–Crippen MR) is 49.2 cm³/mol. The van der Waals surface area contributed by atoms with Crippen molar-refractivity contribution in [2.75, 3.05) is 7.05 Å². The van der Waals surface area contributed by atoms with Crippen molar-refractivity contribution in [2.24, 2.45) is 5.73 Å². The smallest absolute Gasteiger partial charge is 0.314 e. The second-order valence-corrected chi connectivity index (χ2v) is 2.86. The fraction of sp³-hybridized carbons (Fsp3) is 0.222. The molecule has 0 aliphatic heterocycles. The summed E-state index contributed by atoms with van der Waals surface area (Å²) < 4.78 is 0. The Balaban J connectivity index is 2.69. The molecule has 4 heteroatoms. The number of benzene rings is 1. The molecule has 0 unspecified atom stereocenters. The van der Waals surface area contributed by atoms with E-state index in [1.165, 1.54) is 4.90 Å². The molecule has 70 valence electrons. The Morgan fingerprint density at radius 3 is 2.85 bits per heavy atom. The normalized spacial score (nSPS) is 9.62. The van der Waals surface area contributed by atoms with Crippen LogP contribution < -0.4 is 5.73 Å². The van der Waals surface area contributed by atoms with Gasteiger partial charge in [0.1, 0.15) is 5.75 Å². The summed E-state index contributed by atoms with van der Waals surface area (Å²) in [5.74, 6) is 0.190. The topological polar surface area (TPSA) is 66.6 Å². The highest BCUT2D eigenvalue weighted by atomic mass is 16.3. The molecule has 0 aliphatic rings. The maximum absolute atomic E-state index is 10.7. The van der Waals surface area contributed by atoms with E-state index in [9.17, 15) is 4.79 Å². The zero-order chi connectivity index (χ0) is 9.84. The van der Waals surface area contributed by atoms with Crippen molar-refractivity contribution in [3.8, 4) is 5.75 Å². The molecule has 3 N–H and O–H groups in total. The van der Waals surface area contributed by atoms with Gasteiger partial charge < -0.3 is 15.7 Å². The van der Waals surface area contributed by atoms with Gasteiger partial charge in [-0.25, -0.2) is 4.79 Å². The molecule has 0 saturated carbocycles. The van der Waals surface area contributed by atoms with Crippen molar-refractivity contribution in [2.45, 2.75) is 6.54 Å². The van der Waals surface area contributed by atoms with E-state index in [4.69, 9.17) is 10.8 Å². The minimum Gasteiger partial charge on any atom is -0.508 e. The van der Waals surface area contributed by atoms with E-state index in [0.29, 0.717) is 6.54 Å². The number of rotatable bonds is 2. The number of phenolic OH excluding ortho intramolecular Hbond substituents is 1. The standard InChI is InChI=1S/C9H12N2O2/c1-11(9(10)13)6-7-3-2-4-8(12)5-7/h2-5,12H,6H2,1H3,(H2,10,13). The molecule has 1 rings (SSSR count). The molecule has 0 radical (unpaired) electrons. The Kier molecular flexibility index (Phi) is 2.74. The summed E-state index contributed by atoms with van der Waals surface area (Å²) in [6.07, 6.45) is 0.